The van der Waals surface area contributed by atoms with E-state index in [2.05, 4.69) is 40.1 Å². The number of pyridine rings is 3. The molecule has 1 radical (unpaired) electrons. The van der Waals surface area contributed by atoms with Crippen molar-refractivity contribution in [2.24, 2.45) is 0 Å². The molecule has 6 heteroatoms. The smallest absolute Gasteiger partial charge is 0.0437 e. The first-order chi connectivity index (χ1) is 19.1. The summed E-state index contributed by atoms with van der Waals surface area (Å²) in [6.07, 6.45) is 7.05. The fourth-order valence-corrected chi connectivity index (χ4v) is 6.26. The van der Waals surface area contributed by atoms with Crippen molar-refractivity contribution in [3.63, 3.8) is 0 Å². The summed E-state index contributed by atoms with van der Waals surface area (Å²) in [5, 5.41) is 2.57. The van der Waals surface area contributed by atoms with Crippen LogP contribution in [0.3, 0.4) is 0 Å². The average Bonchev–Trinajstić information content (AvgIpc) is 3.42. The van der Waals surface area contributed by atoms with Gasteiger partial charge in [0.1, 0.15) is 0 Å². The fourth-order valence-electron chi connectivity index (χ4n) is 5.01. The quantitative estimate of drug-likeness (QED) is 0.163. The summed E-state index contributed by atoms with van der Waals surface area (Å²) in [7, 11) is 0. The van der Waals surface area contributed by atoms with Crippen LogP contribution in [0.1, 0.15) is 40.2 Å². The summed E-state index contributed by atoms with van der Waals surface area (Å²) in [5.74, 6) is -0.347. The van der Waals surface area contributed by atoms with Crippen molar-refractivity contribution in [1.29, 1.82) is 0 Å². The third-order valence-electron chi connectivity index (χ3n) is 6.83. The summed E-state index contributed by atoms with van der Waals surface area (Å²) in [6.45, 7) is 3.80. The van der Waals surface area contributed by atoms with Crippen LogP contribution < -0.4 is 0 Å². The number of aryl methyl sites for hydroxylation is 2. The van der Waals surface area contributed by atoms with Gasteiger partial charge in [0.05, 0.1) is 0 Å². The zero-order valence-electron chi connectivity index (χ0n) is 23.9. The van der Waals surface area contributed by atoms with Gasteiger partial charge in [-0.15, -0.1) is 53.1 Å². The summed E-state index contributed by atoms with van der Waals surface area (Å²) < 4.78 is 38.4. The van der Waals surface area contributed by atoms with Gasteiger partial charge in [-0.05, 0) is 57.9 Å². The molecule has 0 bridgehead atoms. The molecule has 4 heterocycles. The topological polar surface area (TPSA) is 38.7 Å². The van der Waals surface area contributed by atoms with Crippen molar-refractivity contribution in [2.45, 2.75) is 33.0 Å². The van der Waals surface area contributed by atoms with E-state index in [0.29, 0.717) is 5.69 Å². The molecule has 0 aliphatic heterocycles. The van der Waals surface area contributed by atoms with Gasteiger partial charge >= 0.3 is 0 Å². The normalized spacial score (nSPS) is 14.4. The third kappa shape index (κ3) is 4.37. The summed E-state index contributed by atoms with van der Waals surface area (Å²) in [5.41, 5.74) is 6.04. The van der Waals surface area contributed by atoms with Crippen LogP contribution in [-0.2, 0) is 25.5 Å². The van der Waals surface area contributed by atoms with Crippen molar-refractivity contribution < 1.29 is 28.6 Å². The molecule has 0 unspecified atom stereocenters. The molecule has 0 atom stereocenters. The third-order valence-corrected chi connectivity index (χ3v) is 7.99. The monoisotopic (exact) mass is 697 g/mol. The number of aromatic nitrogens is 3. The minimum absolute atomic E-state index is 0. The fraction of sp³-hybridized carbons (Fsp3) is 0.156. The van der Waals surface area contributed by atoms with E-state index in [4.69, 9.17) is 4.11 Å². The maximum atomic E-state index is 13.5. The van der Waals surface area contributed by atoms with E-state index in [1.54, 1.807) is 17.4 Å². The first kappa shape index (κ1) is 22.7. The molecule has 0 saturated heterocycles. The maximum absolute atomic E-state index is 13.5. The molecule has 7 rings (SSSR count). The Balaban J connectivity index is 0.000000161. The molecule has 2 aromatic carbocycles. The van der Waals surface area contributed by atoms with Gasteiger partial charge in [0.2, 0.25) is 0 Å². The molecular weight excluding hydrogens is 670 g/mol. The zero-order chi connectivity index (χ0) is 28.2. The van der Waals surface area contributed by atoms with Crippen molar-refractivity contribution in [3.05, 3.63) is 114 Å². The van der Waals surface area contributed by atoms with Gasteiger partial charge in [-0.1, -0.05) is 43.0 Å². The van der Waals surface area contributed by atoms with Crippen molar-refractivity contribution in [3.8, 4) is 22.5 Å². The average molecular weight is 697 g/mol. The van der Waals surface area contributed by atoms with E-state index in [1.807, 2.05) is 56.7 Å². The molecule has 0 N–H and O–H groups in total. The minimum atomic E-state index is -2.19. The number of hydrogen-bond donors (Lipinski definition) is 0. The van der Waals surface area contributed by atoms with Crippen LogP contribution in [0.4, 0.5) is 4.39 Å². The van der Waals surface area contributed by atoms with E-state index in [0.717, 1.165) is 27.9 Å². The van der Waals surface area contributed by atoms with Crippen LogP contribution in [0.5, 0.6) is 0 Å². The van der Waals surface area contributed by atoms with E-state index in [9.17, 15) is 4.39 Å². The summed E-state index contributed by atoms with van der Waals surface area (Å²) in [6, 6.07) is 20.7. The second-order valence-electron chi connectivity index (χ2n) is 9.59. The number of rotatable bonds is 1. The summed E-state index contributed by atoms with van der Waals surface area (Å²) >= 11 is 1.76. The molecule has 6 aromatic rings. The second kappa shape index (κ2) is 10.1. The molecule has 0 amide bonds. The molecule has 0 spiro atoms. The predicted octanol–water partition coefficient (Wildman–Crippen LogP) is 8.25. The van der Waals surface area contributed by atoms with Gasteiger partial charge in [0.15, 0.2) is 0 Å². The molecular formula is C32H24FIrN3S-2. The molecule has 4 aromatic heterocycles. The van der Waals surface area contributed by atoms with Gasteiger partial charge in [-0.25, -0.2) is 0 Å². The van der Waals surface area contributed by atoms with Crippen LogP contribution in [0.2, 0.25) is 0 Å². The van der Waals surface area contributed by atoms with Crippen LogP contribution >= 0.6 is 11.3 Å². The van der Waals surface area contributed by atoms with Crippen LogP contribution in [0.15, 0.2) is 73.3 Å². The zero-order valence-corrected chi connectivity index (χ0v) is 24.1. The number of nitrogens with zero attached hydrogens (tertiary/aromatic N) is 3. The van der Waals surface area contributed by atoms with E-state index in [-0.39, 0.29) is 31.5 Å². The number of benzene rings is 2. The van der Waals surface area contributed by atoms with Crippen LogP contribution in [0.25, 0.3) is 42.7 Å². The number of fused-ring (bicyclic) bond motifs is 6. The number of hydrogen-bond acceptors (Lipinski definition) is 4. The van der Waals surface area contributed by atoms with Crippen molar-refractivity contribution in [1.82, 2.24) is 15.0 Å². The first-order valence-corrected chi connectivity index (χ1v) is 12.7. The predicted molar refractivity (Wildman–Crippen MR) is 149 cm³/mol. The van der Waals surface area contributed by atoms with Crippen LogP contribution in [0, 0.1) is 31.7 Å². The maximum Gasteiger partial charge on any atom is 0.0437 e. The van der Waals surface area contributed by atoms with Crippen LogP contribution in [-0.4, -0.2) is 15.0 Å². The standard InChI is InChI=1S/C17H11N2S.C15H13FN.Ir/c1-11-9-18-10-15-16(11)13-6-4-5-12(17(13)20-15)14-7-2-3-8-19-14;1-9-6-13-14(17-8-9)11-5-4-10(16)7-12(11)15(13,2)3;/h2-4,6-10H,1H3;4,6-8H,1-3H3;/q2*-1;/i;1D3;. The SMILES string of the molecule is Cc1cncc2sc3c(-c4ccccn4)[c-]ccc3c12.[2H]C([2H])([2H])c1cnc2c(c1)C(C)(C)c1cc(F)c[c-]c1-2.[Ir]. The van der Waals surface area contributed by atoms with Gasteiger partial charge in [-0.3, -0.25) is 9.37 Å². The molecule has 1 aliphatic carbocycles. The molecule has 3 nitrogen and oxygen atoms in total. The van der Waals surface area contributed by atoms with Crippen molar-refractivity contribution >= 4 is 31.5 Å². The van der Waals surface area contributed by atoms with Gasteiger partial charge < -0.3 is 9.97 Å². The number of halogens is 1. The second-order valence-corrected chi connectivity index (χ2v) is 10.6. The Labute approximate surface area is 243 Å². The Bertz CT molecular complexity index is 1900. The largest absolute Gasteiger partial charge is 0.305 e. The Morgan fingerprint density at radius 2 is 1.87 bits per heavy atom. The minimum Gasteiger partial charge on any atom is -0.305 e. The van der Waals surface area contributed by atoms with E-state index in [1.165, 1.54) is 44.1 Å². The Kier molecular flexibility index (Phi) is 6.02. The Morgan fingerprint density at radius 1 is 1.00 bits per heavy atom. The Morgan fingerprint density at radius 3 is 2.66 bits per heavy atom. The van der Waals surface area contributed by atoms with Gasteiger partial charge in [0.25, 0.3) is 0 Å². The Hall–Kier alpha value is -3.31. The number of thiophene rings is 1. The molecule has 0 saturated carbocycles. The molecule has 38 heavy (non-hydrogen) atoms. The molecule has 191 valence electrons. The van der Waals surface area contributed by atoms with E-state index >= 15 is 0 Å². The van der Waals surface area contributed by atoms with Crippen molar-refractivity contribution in [2.75, 3.05) is 0 Å². The van der Waals surface area contributed by atoms with Gasteiger partial charge in [0, 0.05) is 59.5 Å². The van der Waals surface area contributed by atoms with E-state index < -0.39 is 12.3 Å². The van der Waals surface area contributed by atoms with Gasteiger partial charge in [-0.2, -0.15) is 11.3 Å². The summed E-state index contributed by atoms with van der Waals surface area (Å²) in [4.78, 5) is 13.0. The first-order valence-electron chi connectivity index (χ1n) is 13.4. The molecule has 1 aliphatic rings. The molecule has 0 fully saturated rings.